The molecular weight excluding hydrogens is 412 g/mol. The van der Waals surface area contributed by atoms with Crippen molar-refractivity contribution in [2.45, 2.75) is 38.6 Å². The van der Waals surface area contributed by atoms with Gasteiger partial charge in [-0.1, -0.05) is 38.1 Å². The van der Waals surface area contributed by atoms with Crippen LogP contribution in [-0.2, 0) is 16.6 Å². The minimum atomic E-state index is -3.78. The minimum Gasteiger partial charge on any atom is -0.495 e. The third-order valence-corrected chi connectivity index (χ3v) is 7.73. The quantitative estimate of drug-likeness (QED) is 0.677. The standard InChI is InChI=1S/C24H32N2O4S/c1-17-12-18(2)15-26(14-17)31(28,29)23-13-20(10-11-22(23)30-5)24(27)25(4)16-21-9-7-6-8-19(21)3/h6-11,13,17-18H,12,14-16H2,1-5H3. The van der Waals surface area contributed by atoms with Crippen molar-refractivity contribution in [3.05, 3.63) is 59.2 Å². The van der Waals surface area contributed by atoms with Gasteiger partial charge in [-0.2, -0.15) is 4.31 Å². The molecular formula is C24H32N2O4S. The predicted octanol–water partition coefficient (Wildman–Crippen LogP) is 3.94. The summed E-state index contributed by atoms with van der Waals surface area (Å²) in [6.45, 7) is 7.53. The van der Waals surface area contributed by atoms with Crippen molar-refractivity contribution < 1.29 is 17.9 Å². The molecule has 2 aromatic rings. The van der Waals surface area contributed by atoms with Crippen LogP contribution in [0.15, 0.2) is 47.4 Å². The lowest BCUT2D eigenvalue weighted by atomic mass is 9.94. The highest BCUT2D eigenvalue weighted by molar-refractivity contribution is 7.89. The number of methoxy groups -OCH3 is 1. The molecule has 1 aliphatic rings. The van der Waals surface area contributed by atoms with Crippen molar-refractivity contribution in [1.29, 1.82) is 0 Å². The number of hydrogen-bond acceptors (Lipinski definition) is 4. The fraction of sp³-hybridized carbons (Fsp3) is 0.458. The SMILES string of the molecule is COc1ccc(C(=O)N(C)Cc2ccccc2C)cc1S(=O)(=O)N1CC(C)CC(C)C1. The molecule has 3 rings (SSSR count). The Bertz CT molecular complexity index is 1040. The normalized spacial score (nSPS) is 19.8. The van der Waals surface area contributed by atoms with Crippen LogP contribution in [0.3, 0.4) is 0 Å². The molecule has 0 radical (unpaired) electrons. The molecule has 0 aliphatic carbocycles. The van der Waals surface area contributed by atoms with Crippen molar-refractivity contribution in [1.82, 2.24) is 9.21 Å². The average Bonchev–Trinajstić information content (AvgIpc) is 2.73. The molecule has 2 unspecified atom stereocenters. The Morgan fingerprint density at radius 3 is 2.39 bits per heavy atom. The fourth-order valence-electron chi connectivity index (χ4n) is 4.29. The summed E-state index contributed by atoms with van der Waals surface area (Å²) in [6.07, 6.45) is 1.01. The predicted molar refractivity (Wildman–Crippen MR) is 122 cm³/mol. The van der Waals surface area contributed by atoms with E-state index in [1.165, 1.54) is 17.5 Å². The first-order chi connectivity index (χ1) is 14.6. The van der Waals surface area contributed by atoms with Gasteiger partial charge in [0.2, 0.25) is 10.0 Å². The Labute approximate surface area is 185 Å². The van der Waals surface area contributed by atoms with Gasteiger partial charge in [0.1, 0.15) is 10.6 Å². The number of amides is 1. The van der Waals surface area contributed by atoms with Crippen molar-refractivity contribution in [2.24, 2.45) is 11.8 Å². The van der Waals surface area contributed by atoms with E-state index < -0.39 is 10.0 Å². The summed E-state index contributed by atoms with van der Waals surface area (Å²) in [4.78, 5) is 14.7. The highest BCUT2D eigenvalue weighted by atomic mass is 32.2. The average molecular weight is 445 g/mol. The Hall–Kier alpha value is -2.38. The van der Waals surface area contributed by atoms with Gasteiger partial charge < -0.3 is 9.64 Å². The summed E-state index contributed by atoms with van der Waals surface area (Å²) in [6, 6.07) is 12.5. The maximum Gasteiger partial charge on any atom is 0.253 e. The zero-order chi connectivity index (χ0) is 22.8. The van der Waals surface area contributed by atoms with Crippen LogP contribution in [0.2, 0.25) is 0 Å². The molecule has 1 amide bonds. The molecule has 0 saturated carbocycles. The van der Waals surface area contributed by atoms with Crippen molar-refractivity contribution in [3.8, 4) is 5.75 Å². The van der Waals surface area contributed by atoms with E-state index in [0.717, 1.165) is 17.5 Å². The molecule has 1 aliphatic heterocycles. The minimum absolute atomic E-state index is 0.0476. The largest absolute Gasteiger partial charge is 0.495 e. The first kappa shape index (κ1) is 23.3. The maximum absolute atomic E-state index is 13.5. The third kappa shape index (κ3) is 5.10. The number of aryl methyl sites for hydroxylation is 1. The Morgan fingerprint density at radius 1 is 1.13 bits per heavy atom. The van der Waals surface area contributed by atoms with E-state index in [0.29, 0.717) is 25.2 Å². The van der Waals surface area contributed by atoms with Crippen LogP contribution in [0, 0.1) is 18.8 Å². The van der Waals surface area contributed by atoms with Gasteiger partial charge in [-0.05, 0) is 54.5 Å². The van der Waals surface area contributed by atoms with E-state index in [-0.39, 0.29) is 28.4 Å². The van der Waals surface area contributed by atoms with E-state index in [1.807, 2.05) is 31.2 Å². The topological polar surface area (TPSA) is 66.9 Å². The van der Waals surface area contributed by atoms with Crippen molar-refractivity contribution in [3.63, 3.8) is 0 Å². The molecule has 2 atom stereocenters. The molecule has 0 bridgehead atoms. The Kier molecular flexibility index (Phi) is 7.06. The Balaban J connectivity index is 1.91. The maximum atomic E-state index is 13.5. The van der Waals surface area contributed by atoms with Gasteiger partial charge in [0.25, 0.3) is 5.91 Å². The van der Waals surface area contributed by atoms with E-state index in [2.05, 4.69) is 13.8 Å². The van der Waals surface area contributed by atoms with Gasteiger partial charge in [-0.3, -0.25) is 4.79 Å². The second-order valence-electron chi connectivity index (χ2n) is 8.72. The van der Waals surface area contributed by atoms with Gasteiger partial charge in [0.05, 0.1) is 7.11 Å². The highest BCUT2D eigenvalue weighted by Crippen LogP contribution is 2.32. The van der Waals surface area contributed by atoms with Crippen LogP contribution in [0.1, 0.15) is 41.8 Å². The molecule has 168 valence electrons. The van der Waals surface area contributed by atoms with Crippen molar-refractivity contribution in [2.75, 3.05) is 27.2 Å². The number of ether oxygens (including phenoxy) is 1. The van der Waals surface area contributed by atoms with Crippen LogP contribution in [0.5, 0.6) is 5.75 Å². The third-order valence-electron chi connectivity index (χ3n) is 5.88. The molecule has 0 spiro atoms. The van der Waals surface area contributed by atoms with Gasteiger partial charge in [0, 0.05) is 32.2 Å². The highest BCUT2D eigenvalue weighted by Gasteiger charge is 2.34. The second-order valence-corrected chi connectivity index (χ2v) is 10.6. The van der Waals surface area contributed by atoms with Crippen LogP contribution >= 0.6 is 0 Å². The summed E-state index contributed by atoms with van der Waals surface area (Å²) in [5.41, 5.74) is 2.48. The summed E-state index contributed by atoms with van der Waals surface area (Å²) in [5, 5.41) is 0. The molecule has 0 N–H and O–H groups in total. The van der Waals surface area contributed by atoms with Crippen LogP contribution in [0.25, 0.3) is 0 Å². The van der Waals surface area contributed by atoms with Crippen LogP contribution in [-0.4, -0.2) is 50.8 Å². The smallest absolute Gasteiger partial charge is 0.253 e. The number of hydrogen-bond donors (Lipinski definition) is 0. The molecule has 0 aromatic heterocycles. The lowest BCUT2D eigenvalue weighted by molar-refractivity contribution is 0.0784. The number of carbonyl (C=O) groups is 1. The molecule has 1 heterocycles. The number of sulfonamides is 1. The van der Waals surface area contributed by atoms with E-state index >= 15 is 0 Å². The number of nitrogens with zero attached hydrogens (tertiary/aromatic N) is 2. The summed E-state index contributed by atoms with van der Waals surface area (Å²) in [5.74, 6) is 0.593. The zero-order valence-electron chi connectivity index (χ0n) is 19.0. The summed E-state index contributed by atoms with van der Waals surface area (Å²) >= 11 is 0. The number of piperidine rings is 1. The Morgan fingerprint density at radius 2 is 1.77 bits per heavy atom. The second kappa shape index (κ2) is 9.40. The molecule has 1 saturated heterocycles. The molecule has 31 heavy (non-hydrogen) atoms. The number of rotatable bonds is 6. The van der Waals surface area contributed by atoms with E-state index in [1.54, 1.807) is 24.1 Å². The molecule has 2 aromatic carbocycles. The van der Waals surface area contributed by atoms with Crippen molar-refractivity contribution >= 4 is 15.9 Å². The molecule has 1 fully saturated rings. The number of carbonyl (C=O) groups excluding carboxylic acids is 1. The first-order valence-corrected chi connectivity index (χ1v) is 12.1. The lowest BCUT2D eigenvalue weighted by Crippen LogP contribution is -2.42. The number of benzene rings is 2. The van der Waals surface area contributed by atoms with E-state index in [9.17, 15) is 13.2 Å². The van der Waals surface area contributed by atoms with E-state index in [4.69, 9.17) is 4.74 Å². The first-order valence-electron chi connectivity index (χ1n) is 10.6. The zero-order valence-corrected chi connectivity index (χ0v) is 19.8. The lowest BCUT2D eigenvalue weighted by Gasteiger charge is -2.34. The van der Waals surface area contributed by atoms with Gasteiger partial charge in [0.15, 0.2) is 0 Å². The van der Waals surface area contributed by atoms with Gasteiger partial charge >= 0.3 is 0 Å². The summed E-state index contributed by atoms with van der Waals surface area (Å²) in [7, 11) is -0.611. The van der Waals surface area contributed by atoms with Crippen LogP contribution in [0.4, 0.5) is 0 Å². The van der Waals surface area contributed by atoms with Gasteiger partial charge in [-0.15, -0.1) is 0 Å². The molecule has 7 heteroatoms. The summed E-state index contributed by atoms with van der Waals surface area (Å²) < 4.78 is 33.8. The van der Waals surface area contributed by atoms with Gasteiger partial charge in [-0.25, -0.2) is 8.42 Å². The fourth-order valence-corrected chi connectivity index (χ4v) is 6.15. The molecule has 6 nitrogen and oxygen atoms in total. The van der Waals surface area contributed by atoms with Crippen LogP contribution < -0.4 is 4.74 Å². The monoisotopic (exact) mass is 444 g/mol.